The van der Waals surface area contributed by atoms with Gasteiger partial charge >= 0.3 is 0 Å². The average molecular weight is 389 g/mol. The van der Waals surface area contributed by atoms with E-state index in [1.165, 1.54) is 18.2 Å². The van der Waals surface area contributed by atoms with Gasteiger partial charge in [-0.3, -0.25) is 9.59 Å². The van der Waals surface area contributed by atoms with E-state index in [1.54, 1.807) is 36.4 Å². The molecule has 124 valence electrons. The Labute approximate surface area is 148 Å². The highest BCUT2D eigenvalue weighted by atomic mass is 79.9. The van der Waals surface area contributed by atoms with Crippen LogP contribution < -0.4 is 0 Å². The predicted octanol–water partition coefficient (Wildman–Crippen LogP) is 4.03. The highest BCUT2D eigenvalue weighted by Gasteiger charge is 2.08. The molecule has 0 radical (unpaired) electrons. The molecule has 0 aromatic heterocycles. The molecule has 2 aromatic rings. The number of aromatic hydroxyl groups is 2. The topological polar surface area (TPSA) is 74.6 Å². The van der Waals surface area contributed by atoms with Crippen LogP contribution >= 0.6 is 15.9 Å². The number of ketones is 2. The summed E-state index contributed by atoms with van der Waals surface area (Å²) in [5.74, 6) is -0.118. The van der Waals surface area contributed by atoms with E-state index >= 15 is 0 Å². The van der Waals surface area contributed by atoms with E-state index in [4.69, 9.17) is 0 Å². The lowest BCUT2D eigenvalue weighted by Crippen LogP contribution is -2.06. The number of halogens is 1. The van der Waals surface area contributed by atoms with Crippen molar-refractivity contribution < 1.29 is 19.8 Å². The van der Waals surface area contributed by atoms with Gasteiger partial charge < -0.3 is 10.2 Å². The summed E-state index contributed by atoms with van der Waals surface area (Å²) in [6, 6.07) is 11.4. The molecule has 0 aliphatic rings. The van der Waals surface area contributed by atoms with E-state index in [2.05, 4.69) is 15.9 Å². The summed E-state index contributed by atoms with van der Waals surface area (Å²) >= 11 is 3.33. The summed E-state index contributed by atoms with van der Waals surface area (Å²) in [6.07, 6.45) is 3.58. The number of aryl methyl sites for hydroxylation is 1. The molecule has 0 unspecified atom stereocenters. The Kier molecular flexibility index (Phi) is 6.32. The third-order valence-corrected chi connectivity index (χ3v) is 4.15. The lowest BCUT2D eigenvalue weighted by molar-refractivity contribution is -0.124. The van der Waals surface area contributed by atoms with Crippen LogP contribution in [-0.2, 0) is 16.0 Å². The first-order valence-electron chi connectivity index (χ1n) is 7.43. The second-order valence-corrected chi connectivity index (χ2v) is 6.24. The molecule has 2 rings (SSSR count). The van der Waals surface area contributed by atoms with Gasteiger partial charge in [-0.15, -0.1) is 0 Å². The van der Waals surface area contributed by atoms with Crippen LogP contribution in [-0.4, -0.2) is 21.8 Å². The van der Waals surface area contributed by atoms with Gasteiger partial charge in [0.25, 0.3) is 0 Å². The highest BCUT2D eigenvalue weighted by molar-refractivity contribution is 9.10. The summed E-state index contributed by atoms with van der Waals surface area (Å²) in [4.78, 5) is 23.7. The summed E-state index contributed by atoms with van der Waals surface area (Å²) in [5.41, 5.74) is 1.60. The molecule has 0 amide bonds. The number of hydrogen-bond donors (Lipinski definition) is 2. The molecule has 2 aromatic carbocycles. The zero-order valence-corrected chi connectivity index (χ0v) is 14.5. The summed E-state index contributed by atoms with van der Waals surface area (Å²) in [7, 11) is 0. The van der Waals surface area contributed by atoms with Gasteiger partial charge in [-0.2, -0.15) is 0 Å². The van der Waals surface area contributed by atoms with Crippen molar-refractivity contribution in [3.05, 3.63) is 64.1 Å². The maximum absolute atomic E-state index is 11.9. The predicted molar refractivity (Wildman–Crippen MR) is 95.9 cm³/mol. The number of carbonyl (C=O) groups excluding carboxylic acids is 2. The van der Waals surface area contributed by atoms with Crippen LogP contribution in [0.15, 0.2) is 53.0 Å². The smallest absolute Gasteiger partial charge is 0.163 e. The highest BCUT2D eigenvalue weighted by Crippen LogP contribution is 2.23. The van der Waals surface area contributed by atoms with Gasteiger partial charge in [0.1, 0.15) is 17.3 Å². The minimum absolute atomic E-state index is 0.107. The Bertz CT molecular complexity index is 763. The Morgan fingerprint density at radius 1 is 1.00 bits per heavy atom. The van der Waals surface area contributed by atoms with Crippen LogP contribution in [0.1, 0.15) is 24.0 Å². The van der Waals surface area contributed by atoms with E-state index in [0.29, 0.717) is 12.0 Å². The number of Topliss-reactive ketones (excluding diaryl/α,β-unsaturated/α-hetero) is 1. The number of phenolic OH excluding ortho intramolecular Hbond substituents is 2. The van der Waals surface area contributed by atoms with Crippen molar-refractivity contribution in [1.82, 2.24) is 0 Å². The molecule has 4 nitrogen and oxygen atoms in total. The van der Waals surface area contributed by atoms with Crippen molar-refractivity contribution in [3.8, 4) is 11.5 Å². The van der Waals surface area contributed by atoms with E-state index in [0.717, 1.165) is 10.0 Å². The second-order valence-electron chi connectivity index (χ2n) is 5.39. The number of rotatable bonds is 7. The molecule has 0 fully saturated rings. The van der Waals surface area contributed by atoms with E-state index in [9.17, 15) is 19.8 Å². The van der Waals surface area contributed by atoms with E-state index < -0.39 is 0 Å². The molecule has 5 heteroatoms. The SMILES string of the molecule is O=C(C=Cc1cc(O)ccc1Br)CC(=O)CCc1ccc(O)cc1. The molecule has 0 heterocycles. The quantitative estimate of drug-likeness (QED) is 0.554. The van der Waals surface area contributed by atoms with Gasteiger partial charge in [-0.1, -0.05) is 34.1 Å². The number of hydrogen-bond acceptors (Lipinski definition) is 4. The van der Waals surface area contributed by atoms with Crippen LogP contribution in [0.3, 0.4) is 0 Å². The lowest BCUT2D eigenvalue weighted by atomic mass is 10.0. The molecule has 0 atom stereocenters. The van der Waals surface area contributed by atoms with Crippen LogP contribution in [0.2, 0.25) is 0 Å². The summed E-state index contributed by atoms with van der Waals surface area (Å²) < 4.78 is 0.753. The van der Waals surface area contributed by atoms with Crippen molar-refractivity contribution in [2.75, 3.05) is 0 Å². The Hall–Kier alpha value is -2.40. The van der Waals surface area contributed by atoms with Crippen LogP contribution in [0, 0.1) is 0 Å². The first-order chi connectivity index (χ1) is 11.4. The molecule has 0 aliphatic heterocycles. The molecule has 0 spiro atoms. The van der Waals surface area contributed by atoms with Crippen molar-refractivity contribution in [2.24, 2.45) is 0 Å². The normalized spacial score (nSPS) is 10.9. The third-order valence-electron chi connectivity index (χ3n) is 3.43. The zero-order valence-electron chi connectivity index (χ0n) is 12.9. The first kappa shape index (κ1) is 17.9. The Balaban J connectivity index is 1.85. The number of allylic oxidation sites excluding steroid dienone is 1. The van der Waals surface area contributed by atoms with Gasteiger partial charge in [0.2, 0.25) is 0 Å². The van der Waals surface area contributed by atoms with Crippen LogP contribution in [0.4, 0.5) is 0 Å². The van der Waals surface area contributed by atoms with Gasteiger partial charge in [-0.25, -0.2) is 0 Å². The Morgan fingerprint density at radius 3 is 2.38 bits per heavy atom. The van der Waals surface area contributed by atoms with E-state index in [1.807, 2.05) is 0 Å². The van der Waals surface area contributed by atoms with Crippen molar-refractivity contribution in [3.63, 3.8) is 0 Å². The molecule has 0 aliphatic carbocycles. The molecular formula is C19H17BrO4. The van der Waals surface area contributed by atoms with Gasteiger partial charge in [-0.05, 0) is 54.0 Å². The van der Waals surface area contributed by atoms with Crippen molar-refractivity contribution in [1.29, 1.82) is 0 Å². The van der Waals surface area contributed by atoms with Crippen LogP contribution in [0.25, 0.3) is 6.08 Å². The number of phenols is 2. The minimum atomic E-state index is -0.277. The van der Waals surface area contributed by atoms with Gasteiger partial charge in [0, 0.05) is 10.9 Å². The fourth-order valence-corrected chi connectivity index (χ4v) is 2.51. The zero-order chi connectivity index (χ0) is 17.5. The summed E-state index contributed by atoms with van der Waals surface area (Å²) in [6.45, 7) is 0. The number of benzene rings is 2. The molecule has 0 saturated carbocycles. The second kappa shape index (κ2) is 8.45. The maximum atomic E-state index is 11.9. The largest absolute Gasteiger partial charge is 0.508 e. The summed E-state index contributed by atoms with van der Waals surface area (Å²) in [5, 5.41) is 18.6. The fourth-order valence-electron chi connectivity index (χ4n) is 2.13. The molecular weight excluding hydrogens is 372 g/mol. The fraction of sp³-hybridized carbons (Fsp3) is 0.158. The molecule has 24 heavy (non-hydrogen) atoms. The van der Waals surface area contributed by atoms with E-state index in [-0.39, 0.29) is 35.9 Å². The maximum Gasteiger partial charge on any atom is 0.163 e. The monoisotopic (exact) mass is 388 g/mol. The first-order valence-corrected chi connectivity index (χ1v) is 8.22. The Morgan fingerprint density at radius 2 is 1.67 bits per heavy atom. The minimum Gasteiger partial charge on any atom is -0.508 e. The van der Waals surface area contributed by atoms with Crippen LogP contribution in [0.5, 0.6) is 11.5 Å². The molecule has 0 bridgehead atoms. The molecule has 0 saturated heterocycles. The van der Waals surface area contributed by atoms with Crippen molar-refractivity contribution in [2.45, 2.75) is 19.3 Å². The third kappa shape index (κ3) is 5.66. The number of carbonyl (C=O) groups is 2. The van der Waals surface area contributed by atoms with Gasteiger partial charge in [0.15, 0.2) is 5.78 Å². The van der Waals surface area contributed by atoms with Gasteiger partial charge in [0.05, 0.1) is 6.42 Å². The standard InChI is InChI=1S/C19H17BrO4/c20-19-10-9-16(22)11-14(19)4-8-18(24)12-17(23)7-3-13-1-5-15(21)6-2-13/h1-2,4-6,8-11,21-22H,3,7,12H2. The van der Waals surface area contributed by atoms with Crippen molar-refractivity contribution >= 4 is 33.6 Å². The average Bonchev–Trinajstić information content (AvgIpc) is 2.55. The lowest BCUT2D eigenvalue weighted by Gasteiger charge is -2.01. The molecule has 2 N–H and O–H groups in total.